The van der Waals surface area contributed by atoms with E-state index in [-0.39, 0.29) is 46.0 Å². The van der Waals surface area contributed by atoms with Crippen LogP contribution in [-0.4, -0.2) is 281 Å². The van der Waals surface area contributed by atoms with Crippen molar-refractivity contribution < 1.29 is 133 Å². The minimum Gasteiger partial charge on any atom is -0.394 e. The number of allylic oxidation sites excluding steroid dienone is 1. The number of hydrogen-bond acceptors (Lipinski definition) is 27. The molecule has 4 aliphatic carbocycles. The van der Waals surface area contributed by atoms with Gasteiger partial charge in [-0.15, -0.1) is 0 Å². The molecule has 27 nitrogen and oxygen atoms in total. The molecule has 494 valence electrons. The van der Waals surface area contributed by atoms with E-state index in [9.17, 15) is 76.6 Å². The summed E-state index contributed by atoms with van der Waals surface area (Å²) >= 11 is 0. The van der Waals surface area contributed by atoms with E-state index in [1.807, 2.05) is 20.8 Å². The highest BCUT2D eigenvalue weighted by Crippen LogP contribution is 2.80. The van der Waals surface area contributed by atoms with Crippen molar-refractivity contribution in [2.75, 3.05) is 33.0 Å². The van der Waals surface area contributed by atoms with Crippen LogP contribution in [0.4, 0.5) is 0 Å². The van der Waals surface area contributed by atoms with Crippen LogP contribution in [0.25, 0.3) is 0 Å². The Bertz CT molecular complexity index is 2380. The molecule has 7 aliphatic heterocycles. The topological polar surface area (TPSA) is 414 Å². The largest absolute Gasteiger partial charge is 0.394 e. The van der Waals surface area contributed by atoms with Crippen LogP contribution in [0.3, 0.4) is 0 Å². The highest BCUT2D eigenvalue weighted by Gasteiger charge is 2.81. The summed E-state index contributed by atoms with van der Waals surface area (Å²) in [4.78, 5) is 0. The van der Waals surface area contributed by atoms with Gasteiger partial charge >= 0.3 is 0 Å². The fourth-order valence-electron chi connectivity index (χ4n) is 18.6. The van der Waals surface area contributed by atoms with Crippen LogP contribution >= 0.6 is 0 Å². The van der Waals surface area contributed by atoms with Gasteiger partial charge in [0.05, 0.1) is 56.9 Å². The van der Waals surface area contributed by atoms with Crippen molar-refractivity contribution in [1.29, 1.82) is 0 Å². The van der Waals surface area contributed by atoms with Crippen molar-refractivity contribution in [2.45, 2.75) is 278 Å². The Morgan fingerprint density at radius 2 is 1.15 bits per heavy atom. The Morgan fingerprint density at radius 1 is 0.570 bits per heavy atom. The molecule has 11 rings (SSSR count). The molecule has 4 saturated carbocycles. The smallest absolute Gasteiger partial charge is 0.187 e. The first kappa shape index (κ1) is 66.1. The van der Waals surface area contributed by atoms with Crippen LogP contribution in [0, 0.1) is 45.3 Å². The van der Waals surface area contributed by atoms with E-state index in [4.69, 9.17) is 56.8 Å². The average molecular weight is 1240 g/mol. The summed E-state index contributed by atoms with van der Waals surface area (Å²) in [6.07, 6.45) is -34.9. The molecule has 0 radical (unpaired) electrons. The maximum absolute atomic E-state index is 12.4. The molecule has 2 bridgehead atoms. The summed E-state index contributed by atoms with van der Waals surface area (Å²) in [6.45, 7) is 14.3. The second-order valence-corrected chi connectivity index (χ2v) is 28.6. The van der Waals surface area contributed by atoms with Gasteiger partial charge < -0.3 is 133 Å². The predicted octanol–water partition coefficient (Wildman–Crippen LogP) is -3.36. The van der Waals surface area contributed by atoms with Gasteiger partial charge in [-0.25, -0.2) is 0 Å². The second kappa shape index (κ2) is 24.2. The zero-order valence-electron chi connectivity index (χ0n) is 50.2. The fourth-order valence-corrected chi connectivity index (χ4v) is 18.6. The molecule has 7 heterocycles. The monoisotopic (exact) mass is 1240 g/mol. The number of ether oxygens (including phenoxy) is 12. The van der Waals surface area contributed by atoms with Gasteiger partial charge in [-0.05, 0) is 100 Å². The molecule has 7 saturated heterocycles. The molecule has 11 fully saturated rings. The molecule has 0 amide bonds. The Labute approximate surface area is 499 Å². The third-order valence-electron chi connectivity index (χ3n) is 22.9. The minimum absolute atomic E-state index is 0.0914. The number of rotatable bonds is 14. The third kappa shape index (κ3) is 10.8. The predicted molar refractivity (Wildman–Crippen MR) is 289 cm³/mol. The van der Waals surface area contributed by atoms with Crippen molar-refractivity contribution in [3.05, 3.63) is 11.6 Å². The minimum atomic E-state index is -2.11. The summed E-state index contributed by atoms with van der Waals surface area (Å²) in [7, 11) is 0. The van der Waals surface area contributed by atoms with Gasteiger partial charge in [0, 0.05) is 24.2 Å². The molecule has 11 aliphatic rings. The van der Waals surface area contributed by atoms with E-state index in [2.05, 4.69) is 33.8 Å². The van der Waals surface area contributed by atoms with E-state index >= 15 is 0 Å². The van der Waals surface area contributed by atoms with Crippen molar-refractivity contribution >= 4 is 0 Å². The van der Waals surface area contributed by atoms with Crippen LogP contribution in [-0.2, 0) is 56.8 Å². The molecule has 11 unspecified atom stereocenters. The van der Waals surface area contributed by atoms with Crippen LogP contribution in [0.2, 0.25) is 0 Å². The maximum Gasteiger partial charge on any atom is 0.187 e. The zero-order valence-corrected chi connectivity index (χ0v) is 50.2. The highest BCUT2D eigenvalue weighted by atomic mass is 16.8. The lowest BCUT2D eigenvalue weighted by atomic mass is 9.35. The fraction of sp³-hybridized carbons (Fsp3) is 0.966. The molecule has 35 atom stereocenters. The first-order chi connectivity index (χ1) is 40.4. The lowest BCUT2D eigenvalue weighted by Gasteiger charge is -2.70. The van der Waals surface area contributed by atoms with Crippen molar-refractivity contribution in [3.63, 3.8) is 0 Å². The van der Waals surface area contributed by atoms with E-state index in [1.54, 1.807) is 0 Å². The average Bonchev–Trinajstić information content (AvgIpc) is 1.45. The maximum atomic E-state index is 12.4. The van der Waals surface area contributed by atoms with E-state index < -0.39 is 197 Å². The molecular weight excluding hydrogens is 1140 g/mol. The summed E-state index contributed by atoms with van der Waals surface area (Å²) in [5, 5.41) is 165. The normalized spacial score (nSPS) is 56.9. The first-order valence-electron chi connectivity index (χ1n) is 30.9. The van der Waals surface area contributed by atoms with Crippen molar-refractivity contribution in [3.8, 4) is 0 Å². The number of aliphatic hydroxyl groups is 15. The van der Waals surface area contributed by atoms with Crippen LogP contribution < -0.4 is 0 Å². The Balaban J connectivity index is 0.877. The van der Waals surface area contributed by atoms with E-state index in [0.717, 1.165) is 37.7 Å². The Hall–Kier alpha value is -1.34. The van der Waals surface area contributed by atoms with E-state index in [0.29, 0.717) is 25.9 Å². The van der Waals surface area contributed by atoms with E-state index in [1.165, 1.54) is 6.92 Å². The summed E-state index contributed by atoms with van der Waals surface area (Å²) in [5.41, 5.74) is -1.06. The summed E-state index contributed by atoms with van der Waals surface area (Å²) < 4.78 is 75.6. The van der Waals surface area contributed by atoms with Crippen molar-refractivity contribution in [1.82, 2.24) is 0 Å². The SMILES string of the molecule is CC(C)=CC1CC(C)(O)C2C3CCC4C5(C)CCC(O[C@@H]6OC[C@@H](O)[C@@H](O[C@@H]7O[C@H](CO[C@@H]8O[C@H](CO)[C@@H](O)[C@@H](O)[C@H]8O)[C@@H](O)[C@@H](O)[C@H]7O[C@@H]7O[C@H](CO)[C@@H](O)[C@@H](O)[C@H]7O)[C@H]6O[C@@H]6O[C@H](C)[C@H](O)[C@@H](O)[C@H]6O)C(C)(C)C5CCC4(C)C34COC2(C4)O1. The highest BCUT2D eigenvalue weighted by molar-refractivity contribution is 5.27. The molecule has 0 aromatic rings. The van der Waals surface area contributed by atoms with Crippen LogP contribution in [0.15, 0.2) is 11.6 Å². The molecule has 0 aromatic heterocycles. The molecule has 86 heavy (non-hydrogen) atoms. The van der Waals surface area contributed by atoms with Gasteiger partial charge in [-0.2, -0.15) is 0 Å². The van der Waals surface area contributed by atoms with Gasteiger partial charge in [0.2, 0.25) is 0 Å². The summed E-state index contributed by atoms with van der Waals surface area (Å²) in [6, 6.07) is 0. The van der Waals surface area contributed by atoms with Gasteiger partial charge in [-0.1, -0.05) is 39.3 Å². The lowest BCUT2D eigenvalue weighted by molar-refractivity contribution is -0.403. The van der Waals surface area contributed by atoms with Crippen LogP contribution in [0.1, 0.15) is 107 Å². The molecule has 15 N–H and O–H groups in total. The summed E-state index contributed by atoms with van der Waals surface area (Å²) in [5.74, 6) is -0.503. The second-order valence-electron chi connectivity index (χ2n) is 28.6. The standard InChI is InChI=1S/C59H96O27/c1-23(2)15-25-16-57(8,74)48-26-9-10-32-55(6)13-12-33(54(4,5)31(55)11-14-56(32,7)58(26)21-59(48,86-25)77-22-58)82-52-47(85-50-43(72)38(67)34(63)24(3)78-50)45(27(62)19-75-52)83-53-46(84-51-44(73)40(69)36(65)29(18-61)80-51)41(70)37(66)30(81-53)20-76-49-42(71)39(68)35(64)28(17-60)79-49/h15,24-53,60-74H,9-14,16-22H2,1-8H3/t24-,25?,26?,27-,28-,29-,30-,31?,32?,33?,34+,35-,36-,37-,38-,39-,40-,41-,42-,43-,44-,45-,46-,47-,48?,49-,50+,51+,52+,53+,55?,56?,57?,58?,59?/m1/s1. The number of aliphatic hydroxyl groups excluding tert-OH is 14. The first-order valence-corrected chi connectivity index (χ1v) is 30.9. The quantitative estimate of drug-likeness (QED) is 0.0597. The van der Waals surface area contributed by atoms with Crippen LogP contribution in [0.5, 0.6) is 0 Å². The Morgan fingerprint density at radius 3 is 1.80 bits per heavy atom. The lowest BCUT2D eigenvalue weighted by Crippen LogP contribution is -2.68. The molecule has 0 aromatic carbocycles. The van der Waals surface area contributed by atoms with Gasteiger partial charge in [-0.3, -0.25) is 0 Å². The molecule has 2 spiro atoms. The number of hydrogen-bond donors (Lipinski definition) is 15. The molecule has 27 heteroatoms. The Kier molecular flexibility index (Phi) is 18.6. The molecular formula is C59H96O27. The van der Waals surface area contributed by atoms with Gasteiger partial charge in [0.25, 0.3) is 0 Å². The van der Waals surface area contributed by atoms with Gasteiger partial charge in [0.1, 0.15) is 110 Å². The van der Waals surface area contributed by atoms with Gasteiger partial charge in [0.15, 0.2) is 37.2 Å². The zero-order chi connectivity index (χ0) is 62.3. The van der Waals surface area contributed by atoms with Crippen molar-refractivity contribution in [2.24, 2.45) is 45.3 Å². The number of fused-ring (bicyclic) bond motifs is 4. The third-order valence-corrected chi connectivity index (χ3v) is 22.9.